The Morgan fingerprint density at radius 2 is 1.60 bits per heavy atom. The highest BCUT2D eigenvalue weighted by Crippen LogP contribution is 2.18. The third-order valence-electron chi connectivity index (χ3n) is 3.70. The van der Waals surface area contributed by atoms with Gasteiger partial charge in [0.05, 0.1) is 12.0 Å². The van der Waals surface area contributed by atoms with E-state index in [-0.39, 0.29) is 4.90 Å². The first-order valence-electron chi connectivity index (χ1n) is 7.45. The fourth-order valence-corrected chi connectivity index (χ4v) is 3.26. The van der Waals surface area contributed by atoms with E-state index in [1.807, 2.05) is 30.3 Å². The van der Waals surface area contributed by atoms with Crippen molar-refractivity contribution in [2.45, 2.75) is 4.90 Å². The van der Waals surface area contributed by atoms with E-state index in [1.54, 1.807) is 12.1 Å². The molecule has 3 rings (SSSR count). The topological polar surface area (TPSA) is 84.5 Å². The predicted octanol–water partition coefficient (Wildman–Crippen LogP) is 2.47. The number of fused-ring (bicyclic) bond motifs is 1. The minimum Gasteiger partial charge on any atom is -0.497 e. The first-order chi connectivity index (χ1) is 12.0. The Hall–Kier alpha value is -2.90. The van der Waals surface area contributed by atoms with Gasteiger partial charge in [-0.25, -0.2) is 8.42 Å². The number of hydrazine groups is 1. The molecule has 2 N–H and O–H groups in total. The lowest BCUT2D eigenvalue weighted by Crippen LogP contribution is -2.41. The number of ether oxygens (including phenoxy) is 1. The van der Waals surface area contributed by atoms with E-state index in [4.69, 9.17) is 4.74 Å². The smallest absolute Gasteiger partial charge is 0.266 e. The Balaban J connectivity index is 1.78. The van der Waals surface area contributed by atoms with Crippen molar-refractivity contribution in [1.82, 2.24) is 10.3 Å². The molecule has 0 aromatic heterocycles. The lowest BCUT2D eigenvalue weighted by Gasteiger charge is -2.10. The van der Waals surface area contributed by atoms with Crippen molar-refractivity contribution in [3.63, 3.8) is 0 Å². The number of methoxy groups -OCH3 is 1. The summed E-state index contributed by atoms with van der Waals surface area (Å²) in [6, 6.07) is 18.5. The molecule has 0 radical (unpaired) electrons. The van der Waals surface area contributed by atoms with Gasteiger partial charge in [-0.1, -0.05) is 36.4 Å². The number of hydrogen-bond acceptors (Lipinski definition) is 4. The molecular weight excluding hydrogens is 340 g/mol. The van der Waals surface area contributed by atoms with Crippen LogP contribution in [0.15, 0.2) is 71.6 Å². The van der Waals surface area contributed by atoms with Crippen LogP contribution in [0.1, 0.15) is 10.4 Å². The van der Waals surface area contributed by atoms with Crippen molar-refractivity contribution < 1.29 is 17.9 Å². The molecule has 25 heavy (non-hydrogen) atoms. The normalized spacial score (nSPS) is 11.2. The Morgan fingerprint density at radius 3 is 2.32 bits per heavy atom. The summed E-state index contributed by atoms with van der Waals surface area (Å²) in [5.41, 5.74) is 2.64. The molecule has 0 spiro atoms. The van der Waals surface area contributed by atoms with Crippen LogP contribution in [0.25, 0.3) is 10.8 Å². The zero-order valence-corrected chi connectivity index (χ0v) is 14.2. The molecule has 3 aromatic rings. The van der Waals surface area contributed by atoms with E-state index in [0.717, 1.165) is 10.8 Å². The van der Waals surface area contributed by atoms with Gasteiger partial charge in [0.15, 0.2) is 0 Å². The van der Waals surface area contributed by atoms with Crippen LogP contribution in [0, 0.1) is 0 Å². The van der Waals surface area contributed by atoms with Gasteiger partial charge in [0.25, 0.3) is 15.9 Å². The molecule has 6 nitrogen and oxygen atoms in total. The third-order valence-corrected chi connectivity index (χ3v) is 4.97. The molecule has 1 amide bonds. The monoisotopic (exact) mass is 356 g/mol. The number of carbonyl (C=O) groups is 1. The molecular formula is C18H16N2O4S. The second-order valence-corrected chi connectivity index (χ2v) is 6.94. The Bertz CT molecular complexity index is 1010. The third kappa shape index (κ3) is 3.62. The van der Waals surface area contributed by atoms with Crippen LogP contribution in [-0.2, 0) is 10.0 Å². The first kappa shape index (κ1) is 16.9. The number of carbonyl (C=O) groups excluding carboxylic acids is 1. The largest absolute Gasteiger partial charge is 0.497 e. The summed E-state index contributed by atoms with van der Waals surface area (Å²) in [7, 11) is -2.39. The van der Waals surface area contributed by atoms with Gasteiger partial charge in [0.1, 0.15) is 5.75 Å². The zero-order chi connectivity index (χ0) is 17.9. The molecule has 7 heteroatoms. The Morgan fingerprint density at radius 1 is 0.920 bits per heavy atom. The van der Waals surface area contributed by atoms with Crippen LogP contribution in [0.2, 0.25) is 0 Å². The van der Waals surface area contributed by atoms with Gasteiger partial charge in [0.2, 0.25) is 0 Å². The van der Waals surface area contributed by atoms with Gasteiger partial charge in [-0.3, -0.25) is 10.2 Å². The summed E-state index contributed by atoms with van der Waals surface area (Å²) in [6.07, 6.45) is 0. The van der Waals surface area contributed by atoms with Crippen molar-refractivity contribution in [1.29, 1.82) is 0 Å². The number of benzene rings is 3. The van der Waals surface area contributed by atoms with E-state index < -0.39 is 15.9 Å². The summed E-state index contributed by atoms with van der Waals surface area (Å²) in [5.74, 6) is 0.00706. The van der Waals surface area contributed by atoms with Crippen molar-refractivity contribution in [2.24, 2.45) is 0 Å². The average Bonchev–Trinajstić information content (AvgIpc) is 2.65. The SMILES string of the molecule is COc1ccc(S(=O)(=O)NNC(=O)c2cccc3ccccc23)cc1. The molecule has 0 saturated heterocycles. The van der Waals surface area contributed by atoms with Crippen LogP contribution < -0.4 is 15.0 Å². The van der Waals surface area contributed by atoms with E-state index in [9.17, 15) is 13.2 Å². The Kier molecular flexibility index (Phi) is 4.69. The van der Waals surface area contributed by atoms with Crippen LogP contribution in [0.5, 0.6) is 5.75 Å². The molecule has 0 aliphatic heterocycles. The fourth-order valence-electron chi connectivity index (χ4n) is 2.42. The fraction of sp³-hybridized carbons (Fsp3) is 0.0556. The van der Waals surface area contributed by atoms with Gasteiger partial charge in [-0.05, 0) is 41.1 Å². The summed E-state index contributed by atoms with van der Waals surface area (Å²) >= 11 is 0. The maximum absolute atomic E-state index is 12.4. The summed E-state index contributed by atoms with van der Waals surface area (Å²) < 4.78 is 29.5. The molecule has 0 unspecified atom stereocenters. The van der Waals surface area contributed by atoms with Crippen molar-refractivity contribution >= 4 is 26.7 Å². The first-order valence-corrected chi connectivity index (χ1v) is 8.93. The van der Waals surface area contributed by atoms with Crippen LogP contribution >= 0.6 is 0 Å². The van der Waals surface area contributed by atoms with Crippen molar-refractivity contribution in [2.75, 3.05) is 7.11 Å². The van der Waals surface area contributed by atoms with Gasteiger partial charge in [0, 0.05) is 5.56 Å². The highest BCUT2D eigenvalue weighted by atomic mass is 32.2. The quantitative estimate of drug-likeness (QED) is 0.688. The standard InChI is InChI=1S/C18H16N2O4S/c1-24-14-9-11-15(12-10-14)25(22,23)20-19-18(21)17-8-4-6-13-5-2-3-7-16(13)17/h2-12,20H,1H3,(H,19,21). The molecule has 0 atom stereocenters. The van der Waals surface area contributed by atoms with Gasteiger partial charge >= 0.3 is 0 Å². The second-order valence-electron chi connectivity index (χ2n) is 5.26. The lowest BCUT2D eigenvalue weighted by molar-refractivity contribution is 0.0947. The summed E-state index contributed by atoms with van der Waals surface area (Å²) in [4.78, 5) is 14.5. The summed E-state index contributed by atoms with van der Waals surface area (Å²) in [5, 5.41) is 1.64. The highest BCUT2D eigenvalue weighted by molar-refractivity contribution is 7.89. The van der Waals surface area contributed by atoms with E-state index in [2.05, 4.69) is 10.3 Å². The van der Waals surface area contributed by atoms with Gasteiger partial charge < -0.3 is 4.74 Å². The lowest BCUT2D eigenvalue weighted by atomic mass is 10.0. The minimum atomic E-state index is -3.88. The predicted molar refractivity (Wildman–Crippen MR) is 94.7 cm³/mol. The zero-order valence-electron chi connectivity index (χ0n) is 13.4. The molecule has 128 valence electrons. The molecule has 0 bridgehead atoms. The molecule has 0 aliphatic carbocycles. The molecule has 0 fully saturated rings. The van der Waals surface area contributed by atoms with Gasteiger partial charge in [-0.2, -0.15) is 0 Å². The maximum atomic E-state index is 12.4. The molecule has 3 aromatic carbocycles. The van der Waals surface area contributed by atoms with E-state index in [0.29, 0.717) is 11.3 Å². The van der Waals surface area contributed by atoms with Crippen molar-refractivity contribution in [3.05, 3.63) is 72.3 Å². The van der Waals surface area contributed by atoms with Crippen molar-refractivity contribution in [3.8, 4) is 5.75 Å². The van der Waals surface area contributed by atoms with Crippen LogP contribution in [0.4, 0.5) is 0 Å². The van der Waals surface area contributed by atoms with Gasteiger partial charge in [-0.15, -0.1) is 4.83 Å². The number of amides is 1. The molecule has 0 heterocycles. The number of sulfonamides is 1. The number of rotatable bonds is 5. The number of hydrogen-bond donors (Lipinski definition) is 2. The summed E-state index contributed by atoms with van der Waals surface area (Å²) in [6.45, 7) is 0. The molecule has 0 aliphatic rings. The van der Waals surface area contributed by atoms with Crippen LogP contribution in [0.3, 0.4) is 0 Å². The average molecular weight is 356 g/mol. The van der Waals surface area contributed by atoms with E-state index in [1.165, 1.54) is 31.4 Å². The second kappa shape index (κ2) is 6.92. The van der Waals surface area contributed by atoms with Crippen LogP contribution in [-0.4, -0.2) is 21.4 Å². The minimum absolute atomic E-state index is 0.0199. The van der Waals surface area contributed by atoms with E-state index >= 15 is 0 Å². The highest BCUT2D eigenvalue weighted by Gasteiger charge is 2.16. The maximum Gasteiger partial charge on any atom is 0.266 e. The Labute approximate surface area is 145 Å². The number of nitrogens with one attached hydrogen (secondary N) is 2. The molecule has 0 saturated carbocycles.